The molecule has 7 heteroatoms. The van der Waals surface area contributed by atoms with Crippen LogP contribution in [0.1, 0.15) is 17.7 Å². The molecule has 1 aliphatic rings. The van der Waals surface area contributed by atoms with Crippen molar-refractivity contribution in [3.63, 3.8) is 0 Å². The minimum atomic E-state index is -3.54. The van der Waals surface area contributed by atoms with Crippen LogP contribution in [-0.4, -0.2) is 33.2 Å². The summed E-state index contributed by atoms with van der Waals surface area (Å²) < 4.78 is 33.0. The van der Waals surface area contributed by atoms with E-state index in [1.54, 1.807) is 29.7 Å². The van der Waals surface area contributed by atoms with Gasteiger partial charge in [0.15, 0.2) is 0 Å². The first-order chi connectivity index (χ1) is 10.6. The molecule has 5 nitrogen and oxygen atoms in total. The molecule has 1 N–H and O–H groups in total. The topological polar surface area (TPSA) is 68.3 Å². The number of hydrogen-bond donors (Lipinski definition) is 1. The normalized spacial score (nSPS) is 18.2. The minimum Gasteiger partial charge on any atom is -0.381 e. The Hall–Kier alpha value is -1.28. The first-order valence-electron chi connectivity index (χ1n) is 7.14. The number of pyridine rings is 1. The summed E-state index contributed by atoms with van der Waals surface area (Å²) in [6, 6.07) is 7.26. The van der Waals surface area contributed by atoms with Crippen LogP contribution in [-0.2, 0) is 20.2 Å². The van der Waals surface area contributed by atoms with E-state index in [1.807, 2.05) is 11.4 Å². The Morgan fingerprint density at radius 1 is 1.27 bits per heavy atom. The number of hydrogen-bond acceptors (Lipinski definition) is 5. The van der Waals surface area contributed by atoms with Gasteiger partial charge in [-0.15, -0.1) is 11.3 Å². The summed E-state index contributed by atoms with van der Waals surface area (Å²) >= 11 is 1.67. The average Bonchev–Trinajstić information content (AvgIpc) is 3.10. The number of nitrogens with zero attached hydrogens (tertiary/aromatic N) is 1. The molecule has 118 valence electrons. The molecule has 1 fully saturated rings. The molecule has 0 saturated carbocycles. The molecule has 0 amide bonds. The van der Waals surface area contributed by atoms with E-state index in [2.05, 4.69) is 15.8 Å². The van der Waals surface area contributed by atoms with Gasteiger partial charge in [-0.2, -0.15) is 0 Å². The maximum Gasteiger partial charge on any atom is 0.242 e. The number of nitrogens with one attached hydrogen (secondary N) is 1. The Balaban J connectivity index is 1.80. The first kappa shape index (κ1) is 15.6. The second kappa shape index (κ2) is 6.45. The molecule has 0 unspecified atom stereocenters. The van der Waals surface area contributed by atoms with Gasteiger partial charge in [-0.1, -0.05) is 6.07 Å². The van der Waals surface area contributed by atoms with E-state index < -0.39 is 10.0 Å². The summed E-state index contributed by atoms with van der Waals surface area (Å²) in [7, 11) is -3.54. The van der Waals surface area contributed by atoms with Crippen molar-refractivity contribution in [3.05, 3.63) is 46.9 Å². The van der Waals surface area contributed by atoms with Gasteiger partial charge in [0.1, 0.15) is 4.90 Å². The van der Waals surface area contributed by atoms with Crippen LogP contribution in [0, 0.1) is 0 Å². The lowest BCUT2D eigenvalue weighted by molar-refractivity contribution is 0.0529. The maximum atomic E-state index is 12.4. The second-order valence-corrected chi connectivity index (χ2v) is 8.10. The fraction of sp³-hybridized carbons (Fsp3) is 0.400. The Kier molecular flexibility index (Phi) is 4.58. The third-order valence-electron chi connectivity index (χ3n) is 4.04. The molecule has 2 aromatic rings. The van der Waals surface area contributed by atoms with Gasteiger partial charge in [-0.25, -0.2) is 13.1 Å². The van der Waals surface area contributed by atoms with E-state index >= 15 is 0 Å². The van der Waals surface area contributed by atoms with Gasteiger partial charge in [0.25, 0.3) is 0 Å². The van der Waals surface area contributed by atoms with Crippen molar-refractivity contribution < 1.29 is 13.2 Å². The first-order valence-corrected chi connectivity index (χ1v) is 9.50. The van der Waals surface area contributed by atoms with Crippen LogP contribution in [0.5, 0.6) is 0 Å². The Morgan fingerprint density at radius 2 is 2.09 bits per heavy atom. The van der Waals surface area contributed by atoms with E-state index in [0.717, 1.165) is 12.8 Å². The Labute approximate surface area is 134 Å². The van der Waals surface area contributed by atoms with E-state index in [4.69, 9.17) is 4.74 Å². The molecule has 22 heavy (non-hydrogen) atoms. The molecule has 0 spiro atoms. The highest BCUT2D eigenvalue weighted by Crippen LogP contribution is 2.37. The van der Waals surface area contributed by atoms with Crippen LogP contribution in [0.4, 0.5) is 0 Å². The van der Waals surface area contributed by atoms with Gasteiger partial charge >= 0.3 is 0 Å². The zero-order valence-corrected chi connectivity index (χ0v) is 13.7. The van der Waals surface area contributed by atoms with Gasteiger partial charge in [-0.3, -0.25) is 4.98 Å². The molecule has 1 aliphatic heterocycles. The van der Waals surface area contributed by atoms with E-state index in [0.29, 0.717) is 19.8 Å². The molecular weight excluding hydrogens is 320 g/mol. The number of thiophene rings is 1. The summed E-state index contributed by atoms with van der Waals surface area (Å²) in [5.41, 5.74) is -0.179. The largest absolute Gasteiger partial charge is 0.381 e. The molecule has 0 aromatic carbocycles. The van der Waals surface area contributed by atoms with E-state index in [-0.39, 0.29) is 10.3 Å². The van der Waals surface area contributed by atoms with Gasteiger partial charge in [0.2, 0.25) is 10.0 Å². The Morgan fingerprint density at radius 3 is 2.73 bits per heavy atom. The summed E-state index contributed by atoms with van der Waals surface area (Å²) in [6.07, 6.45) is 4.57. The molecule has 3 heterocycles. The van der Waals surface area contributed by atoms with Crippen molar-refractivity contribution in [2.45, 2.75) is 23.2 Å². The molecule has 3 rings (SSSR count). The molecule has 0 atom stereocenters. The Bertz CT molecular complexity index is 694. The summed E-state index contributed by atoms with van der Waals surface area (Å²) in [5, 5.41) is 2.03. The van der Waals surface area contributed by atoms with Crippen LogP contribution in [0.3, 0.4) is 0 Å². The van der Waals surface area contributed by atoms with Crippen molar-refractivity contribution in [3.8, 4) is 0 Å². The van der Waals surface area contributed by atoms with Crippen molar-refractivity contribution in [2.75, 3.05) is 19.8 Å². The number of ether oxygens (including phenoxy) is 1. The van der Waals surface area contributed by atoms with E-state index in [1.165, 1.54) is 11.1 Å². The molecule has 0 bridgehead atoms. The third-order valence-corrected chi connectivity index (χ3v) is 6.54. The average molecular weight is 338 g/mol. The minimum absolute atomic E-state index is 0.179. The lowest BCUT2D eigenvalue weighted by atomic mass is 9.79. The standard InChI is InChI=1S/C15H18N2O3S2/c18-22(19,13-3-1-7-16-11-13)17-12-15(5-8-20-9-6-15)14-4-2-10-21-14/h1-4,7,10-11,17H,5-6,8-9,12H2. The SMILES string of the molecule is O=S(=O)(NCC1(c2cccs2)CCOCC1)c1cccnc1. The van der Waals surface area contributed by atoms with Gasteiger partial charge in [0, 0.05) is 42.4 Å². The quantitative estimate of drug-likeness (QED) is 0.907. The highest BCUT2D eigenvalue weighted by atomic mass is 32.2. The summed E-state index contributed by atoms with van der Waals surface area (Å²) in [4.78, 5) is 5.29. The number of sulfonamides is 1. The lowest BCUT2D eigenvalue weighted by Gasteiger charge is -2.36. The van der Waals surface area contributed by atoms with Crippen molar-refractivity contribution in [1.29, 1.82) is 0 Å². The fourth-order valence-electron chi connectivity index (χ4n) is 2.68. The number of rotatable bonds is 5. The summed E-state index contributed by atoms with van der Waals surface area (Å²) in [6.45, 7) is 1.70. The van der Waals surface area contributed by atoms with E-state index in [9.17, 15) is 8.42 Å². The highest BCUT2D eigenvalue weighted by molar-refractivity contribution is 7.89. The van der Waals surface area contributed by atoms with Gasteiger partial charge < -0.3 is 4.74 Å². The molecule has 0 aliphatic carbocycles. The smallest absolute Gasteiger partial charge is 0.242 e. The number of aromatic nitrogens is 1. The van der Waals surface area contributed by atoms with Gasteiger partial charge in [-0.05, 0) is 36.4 Å². The van der Waals surface area contributed by atoms with Gasteiger partial charge in [0.05, 0.1) is 0 Å². The lowest BCUT2D eigenvalue weighted by Crippen LogP contribution is -2.44. The zero-order valence-electron chi connectivity index (χ0n) is 12.1. The van der Waals surface area contributed by atoms with Crippen molar-refractivity contribution in [1.82, 2.24) is 9.71 Å². The summed E-state index contributed by atoms with van der Waals surface area (Å²) in [5.74, 6) is 0. The van der Waals surface area contributed by atoms with Crippen LogP contribution in [0.25, 0.3) is 0 Å². The van der Waals surface area contributed by atoms with Crippen LogP contribution >= 0.6 is 11.3 Å². The predicted molar refractivity (Wildman–Crippen MR) is 85.5 cm³/mol. The second-order valence-electron chi connectivity index (χ2n) is 5.38. The molecular formula is C15H18N2O3S2. The zero-order chi connectivity index (χ0) is 15.5. The van der Waals surface area contributed by atoms with Crippen LogP contribution in [0.2, 0.25) is 0 Å². The van der Waals surface area contributed by atoms with Crippen molar-refractivity contribution in [2.24, 2.45) is 0 Å². The highest BCUT2D eigenvalue weighted by Gasteiger charge is 2.36. The molecule has 2 aromatic heterocycles. The predicted octanol–water partition coefficient (Wildman–Crippen LogP) is 2.17. The monoisotopic (exact) mass is 338 g/mol. The maximum absolute atomic E-state index is 12.4. The van der Waals surface area contributed by atoms with Crippen LogP contribution in [0.15, 0.2) is 46.9 Å². The molecule has 0 radical (unpaired) electrons. The molecule has 1 saturated heterocycles. The third kappa shape index (κ3) is 3.22. The van der Waals surface area contributed by atoms with Crippen molar-refractivity contribution >= 4 is 21.4 Å². The fourth-order valence-corrected chi connectivity index (χ4v) is 4.75. The van der Waals surface area contributed by atoms with Crippen LogP contribution < -0.4 is 4.72 Å².